The fourth-order valence-electron chi connectivity index (χ4n) is 1.13. The molecule has 0 radical (unpaired) electrons. The molecule has 0 rings (SSSR count). The zero-order chi connectivity index (χ0) is 10.8. The summed E-state index contributed by atoms with van der Waals surface area (Å²) in [6, 6.07) is 0. The number of hydrogen-bond acceptors (Lipinski definition) is 4. The van der Waals surface area contributed by atoms with E-state index in [1.165, 1.54) is 0 Å². The molecule has 14 heavy (non-hydrogen) atoms. The molecule has 0 aliphatic carbocycles. The maximum atomic E-state index is 5.38. The molecule has 0 aromatic heterocycles. The van der Waals surface area contributed by atoms with Crippen LogP contribution in [0.5, 0.6) is 0 Å². The molecule has 4 nitrogen and oxygen atoms in total. The van der Waals surface area contributed by atoms with Crippen LogP contribution in [0.1, 0.15) is 27.2 Å². The molecule has 0 aromatic carbocycles. The van der Waals surface area contributed by atoms with Crippen molar-refractivity contribution in [3.05, 3.63) is 0 Å². The molecule has 0 bridgehead atoms. The van der Waals surface area contributed by atoms with Crippen LogP contribution >= 0.6 is 0 Å². The maximum Gasteiger partial charge on any atom is 0.162 e. The highest BCUT2D eigenvalue weighted by molar-refractivity contribution is 4.50. The highest BCUT2D eigenvalue weighted by Gasteiger charge is 2.16. The summed E-state index contributed by atoms with van der Waals surface area (Å²) in [6.07, 6.45) is 0.121. The molecule has 4 heteroatoms. The van der Waals surface area contributed by atoms with Gasteiger partial charge in [0, 0.05) is 33.4 Å². The van der Waals surface area contributed by atoms with E-state index in [2.05, 4.69) is 0 Å². The van der Waals surface area contributed by atoms with Crippen molar-refractivity contribution in [1.29, 1.82) is 0 Å². The average Bonchev–Trinajstić information content (AvgIpc) is 2.18. The Balaban J connectivity index is 3.83. The lowest BCUT2D eigenvalue weighted by atomic mass is 10.4. The Labute approximate surface area is 86.5 Å². The summed E-state index contributed by atoms with van der Waals surface area (Å²) in [7, 11) is 1.62. The van der Waals surface area contributed by atoms with Crippen LogP contribution in [0.3, 0.4) is 0 Å². The summed E-state index contributed by atoms with van der Waals surface area (Å²) in [5, 5.41) is 0. The van der Waals surface area contributed by atoms with E-state index < -0.39 is 0 Å². The van der Waals surface area contributed by atoms with E-state index in [1.807, 2.05) is 20.8 Å². The molecule has 0 heterocycles. The fraction of sp³-hybridized carbons (Fsp3) is 1.00. The predicted molar refractivity (Wildman–Crippen MR) is 54.1 cm³/mol. The van der Waals surface area contributed by atoms with Crippen molar-refractivity contribution in [1.82, 2.24) is 0 Å². The van der Waals surface area contributed by atoms with Gasteiger partial charge in [0.2, 0.25) is 0 Å². The summed E-state index contributed by atoms with van der Waals surface area (Å²) in [4.78, 5) is 0. The lowest BCUT2D eigenvalue weighted by Gasteiger charge is -2.22. The normalized spacial score (nSPS) is 13.5. The van der Waals surface area contributed by atoms with Crippen LogP contribution in [0, 0.1) is 0 Å². The smallest absolute Gasteiger partial charge is 0.162 e. The Hall–Kier alpha value is -0.160. The Morgan fingerprint density at radius 1 is 0.786 bits per heavy atom. The second-order valence-electron chi connectivity index (χ2n) is 2.70. The van der Waals surface area contributed by atoms with Gasteiger partial charge in [-0.25, -0.2) is 0 Å². The van der Waals surface area contributed by atoms with Crippen LogP contribution in [0.15, 0.2) is 0 Å². The van der Waals surface area contributed by atoms with E-state index in [0.717, 1.165) is 0 Å². The van der Waals surface area contributed by atoms with Gasteiger partial charge in [0.25, 0.3) is 0 Å². The number of ether oxygens (including phenoxy) is 4. The molecule has 0 saturated heterocycles. The third-order valence-corrected chi connectivity index (χ3v) is 1.71. The molecule has 0 N–H and O–H groups in total. The minimum absolute atomic E-state index is 0.235. The van der Waals surface area contributed by atoms with Crippen molar-refractivity contribution in [2.24, 2.45) is 0 Å². The zero-order valence-electron chi connectivity index (χ0n) is 9.62. The van der Waals surface area contributed by atoms with Gasteiger partial charge in [-0.05, 0) is 20.8 Å². The third kappa shape index (κ3) is 6.32. The maximum absolute atomic E-state index is 5.38. The van der Waals surface area contributed by atoms with Crippen LogP contribution in [0.4, 0.5) is 0 Å². The van der Waals surface area contributed by atoms with Gasteiger partial charge in [0.15, 0.2) is 12.6 Å². The topological polar surface area (TPSA) is 36.9 Å². The highest BCUT2D eigenvalue weighted by Crippen LogP contribution is 2.08. The van der Waals surface area contributed by atoms with Gasteiger partial charge in [-0.2, -0.15) is 0 Å². The minimum Gasteiger partial charge on any atom is -0.356 e. The van der Waals surface area contributed by atoms with Crippen molar-refractivity contribution in [3.8, 4) is 0 Å². The van der Waals surface area contributed by atoms with Crippen molar-refractivity contribution in [2.75, 3.05) is 26.9 Å². The van der Waals surface area contributed by atoms with E-state index in [9.17, 15) is 0 Å². The summed E-state index contributed by atoms with van der Waals surface area (Å²) < 4.78 is 21.2. The van der Waals surface area contributed by atoms with Crippen molar-refractivity contribution >= 4 is 0 Å². The molecular formula is C10H22O4. The molecule has 0 aromatic rings. The molecule has 86 valence electrons. The monoisotopic (exact) mass is 206 g/mol. The van der Waals surface area contributed by atoms with Gasteiger partial charge in [0.1, 0.15) is 0 Å². The quantitative estimate of drug-likeness (QED) is 0.539. The van der Waals surface area contributed by atoms with Gasteiger partial charge in [0.05, 0.1) is 0 Å². The minimum atomic E-state index is -0.247. The average molecular weight is 206 g/mol. The second-order valence-corrected chi connectivity index (χ2v) is 2.70. The summed E-state index contributed by atoms with van der Waals surface area (Å²) in [5.41, 5.74) is 0. The summed E-state index contributed by atoms with van der Waals surface area (Å²) in [5.74, 6) is 0. The molecule has 0 aliphatic heterocycles. The fourth-order valence-corrected chi connectivity index (χ4v) is 1.13. The standard InChI is InChI=1S/C10H22O4/c1-5-12-9(11-4)8-10(13-6-2)14-7-3/h9-10H,5-8H2,1-4H3/t9-/m0/s1. The van der Waals surface area contributed by atoms with E-state index in [1.54, 1.807) is 7.11 Å². The molecular weight excluding hydrogens is 184 g/mol. The molecule has 0 unspecified atom stereocenters. The largest absolute Gasteiger partial charge is 0.356 e. The number of rotatable bonds is 9. The Morgan fingerprint density at radius 3 is 1.57 bits per heavy atom. The Kier molecular flexibility index (Phi) is 9.29. The van der Waals surface area contributed by atoms with Crippen LogP contribution in [0.2, 0.25) is 0 Å². The van der Waals surface area contributed by atoms with Gasteiger partial charge in [-0.3, -0.25) is 0 Å². The first kappa shape index (κ1) is 13.8. The van der Waals surface area contributed by atoms with Crippen LogP contribution in [-0.2, 0) is 18.9 Å². The van der Waals surface area contributed by atoms with Crippen molar-refractivity contribution < 1.29 is 18.9 Å². The molecule has 0 fully saturated rings. The van der Waals surface area contributed by atoms with Crippen LogP contribution in [-0.4, -0.2) is 39.5 Å². The summed E-state index contributed by atoms with van der Waals surface area (Å²) in [6.45, 7) is 7.70. The highest BCUT2D eigenvalue weighted by atomic mass is 16.7. The van der Waals surface area contributed by atoms with Crippen molar-refractivity contribution in [2.45, 2.75) is 39.8 Å². The van der Waals surface area contributed by atoms with Crippen LogP contribution in [0.25, 0.3) is 0 Å². The zero-order valence-corrected chi connectivity index (χ0v) is 9.62. The lowest BCUT2D eigenvalue weighted by Crippen LogP contribution is -2.27. The van der Waals surface area contributed by atoms with Crippen molar-refractivity contribution in [3.63, 3.8) is 0 Å². The van der Waals surface area contributed by atoms with Gasteiger partial charge < -0.3 is 18.9 Å². The van der Waals surface area contributed by atoms with E-state index >= 15 is 0 Å². The van der Waals surface area contributed by atoms with E-state index in [4.69, 9.17) is 18.9 Å². The lowest BCUT2D eigenvalue weighted by molar-refractivity contribution is -0.201. The first-order valence-electron chi connectivity index (χ1n) is 5.15. The van der Waals surface area contributed by atoms with Gasteiger partial charge in [-0.15, -0.1) is 0 Å². The SMILES string of the molecule is CCOC(C[C@@H](OC)OCC)OCC. The third-order valence-electron chi connectivity index (χ3n) is 1.71. The molecule has 0 aliphatic rings. The van der Waals surface area contributed by atoms with Crippen LogP contribution < -0.4 is 0 Å². The second kappa shape index (κ2) is 9.40. The first-order valence-corrected chi connectivity index (χ1v) is 5.15. The number of methoxy groups -OCH3 is 1. The molecule has 0 amide bonds. The Morgan fingerprint density at radius 2 is 1.21 bits per heavy atom. The number of hydrogen-bond donors (Lipinski definition) is 0. The summed E-state index contributed by atoms with van der Waals surface area (Å²) >= 11 is 0. The first-order chi connectivity index (χ1) is 6.78. The molecule has 1 atom stereocenters. The predicted octanol–water partition coefficient (Wildman–Crippen LogP) is 1.78. The molecule has 0 spiro atoms. The van der Waals surface area contributed by atoms with E-state index in [-0.39, 0.29) is 12.6 Å². The van der Waals surface area contributed by atoms with E-state index in [0.29, 0.717) is 26.2 Å². The molecule has 0 saturated carbocycles. The van der Waals surface area contributed by atoms with Gasteiger partial charge >= 0.3 is 0 Å². The van der Waals surface area contributed by atoms with Gasteiger partial charge in [-0.1, -0.05) is 0 Å². The Bertz CT molecular complexity index is 113.